The number of rotatable bonds is 4. The molecule has 1 aliphatic heterocycles. The summed E-state index contributed by atoms with van der Waals surface area (Å²) in [5, 5.41) is 8.12. The highest BCUT2D eigenvalue weighted by Gasteiger charge is 2.48. The fourth-order valence-corrected chi connectivity index (χ4v) is 3.00. The van der Waals surface area contributed by atoms with Gasteiger partial charge in [0.2, 0.25) is 0 Å². The zero-order chi connectivity index (χ0) is 15.8. The molecule has 0 saturated carbocycles. The van der Waals surface area contributed by atoms with Gasteiger partial charge in [-0.3, -0.25) is 0 Å². The topological polar surface area (TPSA) is 75.5 Å². The van der Waals surface area contributed by atoms with Crippen LogP contribution in [0.4, 0.5) is 0 Å². The lowest BCUT2D eigenvalue weighted by atomic mass is 9.94. The summed E-state index contributed by atoms with van der Waals surface area (Å²) in [6, 6.07) is -0.0245. The number of ether oxygens (including phenoxy) is 3. The van der Waals surface area contributed by atoms with Crippen LogP contribution in [0.25, 0.3) is 0 Å². The first-order valence-electron chi connectivity index (χ1n) is 6.93. The van der Waals surface area contributed by atoms with E-state index < -0.39 is 11.6 Å². The van der Waals surface area contributed by atoms with Gasteiger partial charge >= 0.3 is 5.97 Å². The van der Waals surface area contributed by atoms with Crippen molar-refractivity contribution in [3.63, 3.8) is 0 Å². The van der Waals surface area contributed by atoms with Crippen molar-refractivity contribution in [2.24, 2.45) is 0 Å². The van der Waals surface area contributed by atoms with E-state index in [1.807, 2.05) is 27.7 Å². The van der Waals surface area contributed by atoms with Gasteiger partial charge in [0, 0.05) is 13.5 Å². The summed E-state index contributed by atoms with van der Waals surface area (Å²) in [7, 11) is 2.89. The molecule has 1 aromatic heterocycles. The van der Waals surface area contributed by atoms with Crippen molar-refractivity contribution in [2.45, 2.75) is 58.0 Å². The number of aromatic nitrogens is 3. The molecule has 0 amide bonds. The normalized spacial score (nSPS) is 23.2. The first-order valence-corrected chi connectivity index (χ1v) is 6.93. The van der Waals surface area contributed by atoms with E-state index in [1.165, 1.54) is 7.11 Å². The van der Waals surface area contributed by atoms with Gasteiger partial charge in [-0.25, -0.2) is 9.48 Å². The van der Waals surface area contributed by atoms with Crippen LogP contribution in [0.3, 0.4) is 0 Å². The molecule has 7 heteroatoms. The molecule has 118 valence electrons. The molecule has 0 radical (unpaired) electrons. The smallest absolute Gasteiger partial charge is 0.360 e. The fourth-order valence-electron chi connectivity index (χ4n) is 3.00. The fraction of sp³-hybridized carbons (Fsp3) is 0.786. The van der Waals surface area contributed by atoms with Gasteiger partial charge in [-0.05, 0) is 27.7 Å². The van der Waals surface area contributed by atoms with E-state index >= 15 is 0 Å². The Kier molecular flexibility index (Phi) is 4.08. The minimum Gasteiger partial charge on any atom is -0.464 e. The third-order valence-electron chi connectivity index (χ3n) is 3.77. The molecule has 7 nitrogen and oxygen atoms in total. The molecule has 1 atom stereocenters. The third-order valence-corrected chi connectivity index (χ3v) is 3.77. The SMILES string of the molecule is COCc1c(C(=O)OC)nnn1C1CC(C)(C)OC1(C)C. The van der Waals surface area contributed by atoms with Gasteiger partial charge in [-0.15, -0.1) is 5.10 Å². The lowest BCUT2D eigenvalue weighted by Gasteiger charge is -2.27. The van der Waals surface area contributed by atoms with Crippen LogP contribution >= 0.6 is 0 Å². The predicted molar refractivity (Wildman–Crippen MR) is 75.0 cm³/mol. The predicted octanol–water partition coefficient (Wildman–Crippen LogP) is 1.73. The average Bonchev–Trinajstić information content (AvgIpc) is 2.86. The molecule has 1 fully saturated rings. The highest BCUT2D eigenvalue weighted by molar-refractivity contribution is 5.88. The summed E-state index contributed by atoms with van der Waals surface area (Å²) in [5.41, 5.74) is 0.145. The first kappa shape index (κ1) is 15.9. The second kappa shape index (κ2) is 5.38. The Bertz CT molecular complexity index is 536. The van der Waals surface area contributed by atoms with Gasteiger partial charge in [0.15, 0.2) is 5.69 Å². The van der Waals surface area contributed by atoms with Gasteiger partial charge in [0.25, 0.3) is 0 Å². The zero-order valence-corrected chi connectivity index (χ0v) is 13.5. The maximum absolute atomic E-state index is 11.8. The number of hydrogen-bond donors (Lipinski definition) is 0. The van der Waals surface area contributed by atoms with Crippen LogP contribution in [0.5, 0.6) is 0 Å². The van der Waals surface area contributed by atoms with Gasteiger partial charge in [0.1, 0.15) is 0 Å². The molecule has 0 bridgehead atoms. The molecule has 0 N–H and O–H groups in total. The lowest BCUT2D eigenvalue weighted by Crippen LogP contribution is -2.32. The van der Waals surface area contributed by atoms with E-state index in [-0.39, 0.29) is 23.9 Å². The largest absolute Gasteiger partial charge is 0.464 e. The summed E-state index contributed by atoms with van der Waals surface area (Å²) in [5.74, 6) is -0.510. The second-order valence-corrected chi connectivity index (χ2v) is 6.44. The van der Waals surface area contributed by atoms with Crippen molar-refractivity contribution >= 4 is 5.97 Å². The summed E-state index contributed by atoms with van der Waals surface area (Å²) < 4.78 is 17.8. The molecule has 1 aromatic rings. The van der Waals surface area contributed by atoms with Gasteiger partial charge in [-0.1, -0.05) is 5.21 Å². The van der Waals surface area contributed by atoms with Crippen molar-refractivity contribution in [1.82, 2.24) is 15.0 Å². The zero-order valence-electron chi connectivity index (χ0n) is 13.5. The quantitative estimate of drug-likeness (QED) is 0.788. The molecule has 2 rings (SSSR count). The van der Waals surface area contributed by atoms with Crippen LogP contribution in [0, 0.1) is 0 Å². The van der Waals surface area contributed by atoms with E-state index in [9.17, 15) is 4.79 Å². The number of hydrogen-bond acceptors (Lipinski definition) is 6. The Morgan fingerprint density at radius 3 is 2.52 bits per heavy atom. The molecule has 1 saturated heterocycles. The van der Waals surface area contributed by atoms with Crippen LogP contribution in [0.1, 0.15) is 56.3 Å². The molecule has 0 spiro atoms. The van der Waals surface area contributed by atoms with Crippen molar-refractivity contribution in [3.8, 4) is 0 Å². The van der Waals surface area contributed by atoms with Crippen molar-refractivity contribution in [1.29, 1.82) is 0 Å². The third kappa shape index (κ3) is 2.94. The minimum absolute atomic E-state index is 0.0245. The van der Waals surface area contributed by atoms with Gasteiger partial charge in [0.05, 0.1) is 36.7 Å². The van der Waals surface area contributed by atoms with Crippen LogP contribution in [-0.4, -0.2) is 46.4 Å². The van der Waals surface area contributed by atoms with E-state index in [4.69, 9.17) is 14.2 Å². The van der Waals surface area contributed by atoms with Crippen molar-refractivity contribution < 1.29 is 19.0 Å². The Morgan fingerprint density at radius 1 is 1.38 bits per heavy atom. The van der Waals surface area contributed by atoms with Crippen LogP contribution < -0.4 is 0 Å². The Morgan fingerprint density at radius 2 is 2.05 bits per heavy atom. The maximum Gasteiger partial charge on any atom is 0.360 e. The highest BCUT2D eigenvalue weighted by atomic mass is 16.5. The molecule has 1 unspecified atom stereocenters. The summed E-state index contributed by atoms with van der Waals surface area (Å²) in [4.78, 5) is 11.8. The number of methoxy groups -OCH3 is 2. The number of carbonyl (C=O) groups is 1. The van der Waals surface area contributed by atoms with Crippen molar-refractivity contribution in [2.75, 3.05) is 14.2 Å². The molecule has 2 heterocycles. The summed E-state index contributed by atoms with van der Waals surface area (Å²) in [6.07, 6.45) is 0.778. The summed E-state index contributed by atoms with van der Waals surface area (Å²) >= 11 is 0. The van der Waals surface area contributed by atoms with Crippen LogP contribution in [-0.2, 0) is 20.8 Å². The number of nitrogens with zero attached hydrogens (tertiary/aromatic N) is 3. The Hall–Kier alpha value is -1.47. The standard InChI is InChI=1S/C14H23N3O4/c1-13(2)7-10(14(3,4)21-13)17-9(8-19-5)11(15-16-17)12(18)20-6/h10H,7-8H2,1-6H3. The average molecular weight is 297 g/mol. The number of carbonyl (C=O) groups excluding carboxylic acids is 1. The van der Waals surface area contributed by atoms with E-state index in [1.54, 1.807) is 11.8 Å². The molecule has 1 aliphatic rings. The monoisotopic (exact) mass is 297 g/mol. The van der Waals surface area contributed by atoms with Gasteiger partial charge < -0.3 is 14.2 Å². The highest BCUT2D eigenvalue weighted by Crippen LogP contribution is 2.45. The van der Waals surface area contributed by atoms with E-state index in [0.29, 0.717) is 5.69 Å². The maximum atomic E-state index is 11.8. The Balaban J connectivity index is 2.44. The van der Waals surface area contributed by atoms with E-state index in [0.717, 1.165) is 6.42 Å². The molecule has 0 aliphatic carbocycles. The molecule has 0 aromatic carbocycles. The molecular weight excluding hydrogens is 274 g/mol. The minimum atomic E-state index is -0.510. The van der Waals surface area contributed by atoms with Crippen LogP contribution in [0.2, 0.25) is 0 Å². The second-order valence-electron chi connectivity index (χ2n) is 6.44. The van der Waals surface area contributed by atoms with E-state index in [2.05, 4.69) is 10.3 Å². The first-order chi connectivity index (χ1) is 9.72. The number of esters is 1. The van der Waals surface area contributed by atoms with Gasteiger partial charge in [-0.2, -0.15) is 0 Å². The molecular formula is C14H23N3O4. The lowest BCUT2D eigenvalue weighted by molar-refractivity contribution is -0.0742. The molecule has 21 heavy (non-hydrogen) atoms. The van der Waals surface area contributed by atoms with Crippen LogP contribution in [0.15, 0.2) is 0 Å². The Labute approximate surface area is 124 Å². The summed E-state index contributed by atoms with van der Waals surface area (Å²) in [6.45, 7) is 8.36. The van der Waals surface area contributed by atoms with Crippen molar-refractivity contribution in [3.05, 3.63) is 11.4 Å².